The lowest BCUT2D eigenvalue weighted by Gasteiger charge is -2.29. The molecule has 0 amide bonds. The van der Waals surface area contributed by atoms with Crippen LogP contribution in [0.1, 0.15) is 55.8 Å². The van der Waals surface area contributed by atoms with Gasteiger partial charge in [0.1, 0.15) is 12.2 Å². The lowest BCUT2D eigenvalue weighted by Crippen LogP contribution is -2.22. The lowest BCUT2D eigenvalue weighted by atomic mass is 9.76. The van der Waals surface area contributed by atoms with Gasteiger partial charge in [0.05, 0.1) is 6.61 Å². The third kappa shape index (κ3) is 3.66. The van der Waals surface area contributed by atoms with E-state index in [9.17, 15) is 4.79 Å². The number of oxime groups is 1. The first-order valence-electron chi connectivity index (χ1n) is 11.0. The highest BCUT2D eigenvalue weighted by Crippen LogP contribution is 2.37. The van der Waals surface area contributed by atoms with Gasteiger partial charge < -0.3 is 14.1 Å². The zero-order chi connectivity index (χ0) is 22.3. The van der Waals surface area contributed by atoms with Gasteiger partial charge in [-0.15, -0.1) is 0 Å². The predicted molar refractivity (Wildman–Crippen MR) is 121 cm³/mol. The van der Waals surface area contributed by atoms with E-state index in [0.717, 1.165) is 41.4 Å². The molecule has 1 unspecified atom stereocenters. The molecule has 0 fully saturated rings. The smallest absolute Gasteiger partial charge is 0.325 e. The molecule has 1 aromatic carbocycles. The third-order valence-electron chi connectivity index (χ3n) is 6.18. The van der Waals surface area contributed by atoms with Crippen LogP contribution in [0.5, 0.6) is 0 Å². The number of benzene rings is 1. The molecular formula is C25H26N4O3. The summed E-state index contributed by atoms with van der Waals surface area (Å²) in [4.78, 5) is 17.7. The molecule has 0 spiro atoms. The highest BCUT2D eigenvalue weighted by molar-refractivity contribution is 6.19. The standard InChI is InChI=1S/C25H26N4O3/c1-4-31-23(30)15-29-13-11-17-16(6-5-7-21(17)29)19-8-9-22(32-28-19)24-18-10-12-25(2,3)14-20(18)26-27-24/h5-7,11,13,22H,4,10,12,14-15H2,1-3H3,(H,26,27). The lowest BCUT2D eigenvalue weighted by molar-refractivity contribution is -0.143. The number of aromatic amines is 1. The minimum atomic E-state index is -0.465. The second kappa shape index (κ2) is 7.86. The normalized spacial score (nSPS) is 18.8. The quantitative estimate of drug-likeness (QED) is 0.491. The van der Waals surface area contributed by atoms with E-state index in [1.807, 2.05) is 35.0 Å². The Hall–Kier alpha value is -3.53. The Morgan fingerprint density at radius 3 is 3.03 bits per heavy atom. The molecule has 3 heterocycles. The summed E-state index contributed by atoms with van der Waals surface area (Å²) in [5.41, 5.74) is 5.91. The van der Waals surface area contributed by atoms with Gasteiger partial charge in [-0.3, -0.25) is 9.89 Å². The molecule has 2 aromatic heterocycles. The number of carbonyl (C=O) groups is 1. The van der Waals surface area contributed by atoms with Crippen LogP contribution < -0.4 is 0 Å². The van der Waals surface area contributed by atoms with Crippen LogP contribution in [0.15, 0.2) is 35.6 Å². The number of nitrogens with zero attached hydrogens (tertiary/aromatic N) is 3. The molecule has 7 heteroatoms. The van der Waals surface area contributed by atoms with E-state index in [1.165, 1.54) is 11.3 Å². The second-order valence-electron chi connectivity index (χ2n) is 9.09. The highest BCUT2D eigenvalue weighted by atomic mass is 16.6. The summed E-state index contributed by atoms with van der Waals surface area (Å²) >= 11 is 0. The monoisotopic (exact) mass is 430 g/mol. The van der Waals surface area contributed by atoms with Crippen LogP contribution in [-0.2, 0) is 33.8 Å². The van der Waals surface area contributed by atoms with E-state index in [0.29, 0.717) is 12.3 Å². The van der Waals surface area contributed by atoms with Crippen molar-refractivity contribution in [2.45, 2.75) is 52.7 Å². The molecular weight excluding hydrogens is 404 g/mol. The first-order valence-corrected chi connectivity index (χ1v) is 11.0. The number of rotatable bonds is 5. The number of esters is 1. The fraction of sp³-hybridized carbons (Fsp3) is 0.400. The number of H-pyrrole nitrogens is 1. The topological polar surface area (TPSA) is 81.5 Å². The predicted octanol–water partition coefficient (Wildman–Crippen LogP) is 3.92. The minimum Gasteiger partial charge on any atom is -0.465 e. The Morgan fingerprint density at radius 2 is 2.25 bits per heavy atom. The van der Waals surface area contributed by atoms with Gasteiger partial charge in [-0.2, -0.15) is 5.10 Å². The molecule has 1 aliphatic heterocycles. The van der Waals surface area contributed by atoms with Crippen LogP contribution in [0.4, 0.5) is 0 Å². The van der Waals surface area contributed by atoms with Gasteiger partial charge in [0, 0.05) is 33.9 Å². The van der Waals surface area contributed by atoms with Crippen molar-refractivity contribution in [1.82, 2.24) is 14.8 Å². The van der Waals surface area contributed by atoms with Gasteiger partial charge >= 0.3 is 5.97 Å². The van der Waals surface area contributed by atoms with Crippen molar-refractivity contribution < 1.29 is 14.4 Å². The first-order chi connectivity index (χ1) is 15.4. The van der Waals surface area contributed by atoms with Crippen LogP contribution in [0.25, 0.3) is 10.9 Å². The van der Waals surface area contributed by atoms with E-state index in [-0.39, 0.29) is 17.9 Å². The minimum absolute atomic E-state index is 0.165. The van der Waals surface area contributed by atoms with Gasteiger partial charge in [0.15, 0.2) is 5.71 Å². The van der Waals surface area contributed by atoms with Gasteiger partial charge in [-0.05, 0) is 55.6 Å². The summed E-state index contributed by atoms with van der Waals surface area (Å²) in [6.07, 6.45) is 4.48. The van der Waals surface area contributed by atoms with Crippen LogP contribution >= 0.6 is 0 Å². The molecule has 1 N–H and O–H groups in total. The maximum absolute atomic E-state index is 11.9. The molecule has 0 bridgehead atoms. The maximum atomic E-state index is 11.9. The molecule has 2 aliphatic rings. The Bertz CT molecular complexity index is 1290. The number of ether oxygens (including phenoxy) is 1. The van der Waals surface area contributed by atoms with Crippen molar-refractivity contribution in [2.24, 2.45) is 10.6 Å². The Labute approximate surface area is 186 Å². The molecule has 7 nitrogen and oxygen atoms in total. The Balaban J connectivity index is 1.39. The van der Waals surface area contributed by atoms with Gasteiger partial charge in [-0.1, -0.05) is 31.1 Å². The van der Waals surface area contributed by atoms with Crippen LogP contribution in [0, 0.1) is 17.3 Å². The third-order valence-corrected chi connectivity index (χ3v) is 6.18. The number of aromatic nitrogens is 3. The van der Waals surface area contributed by atoms with Crippen LogP contribution in [0.3, 0.4) is 0 Å². The second-order valence-corrected chi connectivity index (χ2v) is 9.09. The number of hydrogen-bond acceptors (Lipinski definition) is 5. The van der Waals surface area contributed by atoms with Crippen molar-refractivity contribution in [2.75, 3.05) is 6.61 Å². The summed E-state index contributed by atoms with van der Waals surface area (Å²) in [5.74, 6) is 6.11. The molecule has 0 radical (unpaired) electrons. The number of fused-ring (bicyclic) bond motifs is 2. The zero-order valence-electron chi connectivity index (χ0n) is 18.6. The van der Waals surface area contributed by atoms with Gasteiger partial charge in [-0.25, -0.2) is 0 Å². The summed E-state index contributed by atoms with van der Waals surface area (Å²) < 4.78 is 6.94. The molecule has 1 atom stereocenters. The summed E-state index contributed by atoms with van der Waals surface area (Å²) in [5, 5.41) is 13.0. The van der Waals surface area contributed by atoms with Crippen molar-refractivity contribution in [3.63, 3.8) is 0 Å². The van der Waals surface area contributed by atoms with Crippen molar-refractivity contribution >= 4 is 22.6 Å². The SMILES string of the molecule is CCOC(=O)Cn1ccc2c(C3=NOC(c4n[nH]c5c4CCC(C)(C)C5)C#C3)cccc21. The molecule has 3 aromatic rings. The Morgan fingerprint density at radius 1 is 1.38 bits per heavy atom. The number of nitrogens with one attached hydrogen (secondary N) is 1. The van der Waals surface area contributed by atoms with E-state index in [1.54, 1.807) is 6.92 Å². The number of hydrogen-bond donors (Lipinski definition) is 1. The van der Waals surface area contributed by atoms with E-state index in [2.05, 4.69) is 41.0 Å². The van der Waals surface area contributed by atoms with Crippen molar-refractivity contribution in [3.05, 3.63) is 53.0 Å². The molecule has 32 heavy (non-hydrogen) atoms. The average Bonchev–Trinajstić information content (AvgIpc) is 3.37. The summed E-state index contributed by atoms with van der Waals surface area (Å²) in [7, 11) is 0. The van der Waals surface area contributed by atoms with Crippen LogP contribution in [0.2, 0.25) is 0 Å². The summed E-state index contributed by atoms with van der Waals surface area (Å²) in [6, 6.07) is 7.83. The summed E-state index contributed by atoms with van der Waals surface area (Å²) in [6.45, 7) is 6.90. The molecule has 0 saturated heterocycles. The first kappa shape index (κ1) is 20.4. The zero-order valence-corrected chi connectivity index (χ0v) is 18.6. The van der Waals surface area contributed by atoms with E-state index in [4.69, 9.17) is 9.57 Å². The molecule has 0 saturated carbocycles. The van der Waals surface area contributed by atoms with E-state index < -0.39 is 6.10 Å². The fourth-order valence-corrected chi connectivity index (χ4v) is 4.53. The van der Waals surface area contributed by atoms with E-state index >= 15 is 0 Å². The largest absolute Gasteiger partial charge is 0.465 e. The van der Waals surface area contributed by atoms with Crippen LogP contribution in [-0.4, -0.2) is 33.1 Å². The Kier molecular flexibility index (Phi) is 5.01. The molecule has 5 rings (SSSR count). The molecule has 1 aliphatic carbocycles. The van der Waals surface area contributed by atoms with Crippen molar-refractivity contribution in [1.29, 1.82) is 0 Å². The molecule has 164 valence electrons. The highest BCUT2D eigenvalue weighted by Gasteiger charge is 2.32. The fourth-order valence-electron chi connectivity index (χ4n) is 4.53. The van der Waals surface area contributed by atoms with Gasteiger partial charge in [0.2, 0.25) is 6.10 Å². The van der Waals surface area contributed by atoms with Crippen molar-refractivity contribution in [3.8, 4) is 11.8 Å². The number of carbonyl (C=O) groups excluding carboxylic acids is 1. The van der Waals surface area contributed by atoms with Gasteiger partial charge in [0.25, 0.3) is 0 Å². The maximum Gasteiger partial charge on any atom is 0.325 e. The average molecular weight is 431 g/mol.